The van der Waals surface area contributed by atoms with E-state index in [2.05, 4.69) is 16.2 Å². The zero-order valence-electron chi connectivity index (χ0n) is 14.8. The van der Waals surface area contributed by atoms with Crippen LogP contribution in [0.2, 0.25) is 0 Å². The van der Waals surface area contributed by atoms with Gasteiger partial charge in [0.25, 0.3) is 5.91 Å². The number of carbonyl (C=O) groups is 4. The number of allylic oxidation sites excluding steroid dienone is 2. The van der Waals surface area contributed by atoms with Crippen LogP contribution in [0.5, 0.6) is 0 Å². The van der Waals surface area contributed by atoms with Crippen LogP contribution in [0.15, 0.2) is 36.4 Å². The minimum atomic E-state index is -0.997. The van der Waals surface area contributed by atoms with Crippen LogP contribution in [0.1, 0.15) is 30.1 Å². The second-order valence-corrected chi connectivity index (χ2v) is 6.76. The van der Waals surface area contributed by atoms with Gasteiger partial charge in [-0.1, -0.05) is 19.1 Å². The molecular formula is C19H21N3O5. The van der Waals surface area contributed by atoms with E-state index in [4.69, 9.17) is 0 Å². The van der Waals surface area contributed by atoms with Gasteiger partial charge in [0.05, 0.1) is 11.8 Å². The third-order valence-electron chi connectivity index (χ3n) is 5.10. The van der Waals surface area contributed by atoms with E-state index < -0.39 is 29.6 Å². The summed E-state index contributed by atoms with van der Waals surface area (Å²) in [6, 6.07) is 6.22. The minimum absolute atomic E-state index is 0.116. The molecule has 2 aliphatic rings. The largest absolute Gasteiger partial charge is 0.481 e. The van der Waals surface area contributed by atoms with Gasteiger partial charge in [0, 0.05) is 17.7 Å². The van der Waals surface area contributed by atoms with Gasteiger partial charge in [-0.2, -0.15) is 0 Å². The van der Waals surface area contributed by atoms with E-state index in [1.165, 1.54) is 12.1 Å². The van der Waals surface area contributed by atoms with Crippen molar-refractivity contribution in [1.82, 2.24) is 10.9 Å². The highest BCUT2D eigenvalue weighted by molar-refractivity contribution is 5.97. The lowest BCUT2D eigenvalue weighted by atomic mass is 9.82. The first-order valence-electron chi connectivity index (χ1n) is 8.82. The molecule has 8 nitrogen and oxygen atoms in total. The van der Waals surface area contributed by atoms with E-state index >= 15 is 0 Å². The van der Waals surface area contributed by atoms with Crippen LogP contribution >= 0.6 is 0 Å². The summed E-state index contributed by atoms with van der Waals surface area (Å²) in [6.07, 6.45) is 4.72. The molecule has 2 aliphatic carbocycles. The molecule has 1 aromatic carbocycles. The molecule has 1 fully saturated rings. The molecule has 1 aromatic rings. The zero-order chi connectivity index (χ0) is 19.6. The van der Waals surface area contributed by atoms with Crippen molar-refractivity contribution in [2.24, 2.45) is 23.7 Å². The average Bonchev–Trinajstić information content (AvgIpc) is 3.27. The van der Waals surface area contributed by atoms with Crippen molar-refractivity contribution in [3.8, 4) is 0 Å². The van der Waals surface area contributed by atoms with Gasteiger partial charge in [0.1, 0.15) is 0 Å². The zero-order valence-corrected chi connectivity index (χ0v) is 14.8. The Bertz CT molecular complexity index is 802. The molecule has 1 saturated carbocycles. The van der Waals surface area contributed by atoms with E-state index in [1.54, 1.807) is 19.1 Å². The molecule has 4 N–H and O–H groups in total. The molecule has 0 heterocycles. The average molecular weight is 371 g/mol. The predicted octanol–water partition coefficient (Wildman–Crippen LogP) is 1.32. The Morgan fingerprint density at radius 1 is 1.00 bits per heavy atom. The van der Waals surface area contributed by atoms with E-state index in [-0.39, 0.29) is 17.7 Å². The normalized spacial score (nSPS) is 25.1. The topological polar surface area (TPSA) is 125 Å². The Hall–Kier alpha value is -3.16. The Kier molecular flexibility index (Phi) is 5.25. The van der Waals surface area contributed by atoms with Gasteiger partial charge < -0.3 is 10.4 Å². The number of rotatable bonds is 5. The maximum Gasteiger partial charge on any atom is 0.307 e. The second kappa shape index (κ2) is 7.61. The number of anilines is 1. The number of nitrogens with one attached hydrogen (secondary N) is 3. The molecule has 0 aliphatic heterocycles. The van der Waals surface area contributed by atoms with Gasteiger partial charge >= 0.3 is 5.97 Å². The highest BCUT2D eigenvalue weighted by Gasteiger charge is 2.51. The fourth-order valence-corrected chi connectivity index (χ4v) is 3.74. The van der Waals surface area contributed by atoms with E-state index in [0.717, 1.165) is 0 Å². The maximum atomic E-state index is 12.4. The van der Waals surface area contributed by atoms with Crippen LogP contribution in [-0.2, 0) is 14.4 Å². The molecule has 0 radical (unpaired) electrons. The van der Waals surface area contributed by atoms with E-state index in [1.807, 2.05) is 12.2 Å². The second-order valence-electron chi connectivity index (χ2n) is 6.76. The Morgan fingerprint density at radius 3 is 2.22 bits per heavy atom. The standard InChI is InChI=1S/C19H21N3O5/c1-2-14(23)20-13-7-5-10(6-8-13)17(24)21-22-18(25)15-11-3-4-12(9-11)16(15)19(26)27/h3-8,11-12,15-16H,2,9H2,1H3,(H,20,23)(H,21,24)(H,22,25)(H,26,27)/t11-,12-,15-,16+/m0/s1. The van der Waals surface area contributed by atoms with Crippen molar-refractivity contribution in [3.63, 3.8) is 0 Å². The number of carboxylic acid groups (broad SMARTS) is 1. The molecule has 3 amide bonds. The summed E-state index contributed by atoms with van der Waals surface area (Å²) in [4.78, 5) is 47.4. The molecule has 2 bridgehead atoms. The number of benzene rings is 1. The smallest absolute Gasteiger partial charge is 0.307 e. The summed E-state index contributed by atoms with van der Waals surface area (Å²) in [6.45, 7) is 1.74. The summed E-state index contributed by atoms with van der Waals surface area (Å²) in [7, 11) is 0. The Labute approximate surface area is 156 Å². The number of hydrogen-bond acceptors (Lipinski definition) is 4. The van der Waals surface area contributed by atoms with Gasteiger partial charge in [-0.3, -0.25) is 30.0 Å². The minimum Gasteiger partial charge on any atom is -0.481 e. The SMILES string of the molecule is CCC(=O)Nc1ccc(C(=O)NNC(=O)[C@@H]2[C@H](C(=O)O)[C@H]3C=C[C@H]2C3)cc1. The first kappa shape index (κ1) is 18.6. The summed E-state index contributed by atoms with van der Waals surface area (Å²) in [5, 5.41) is 12.1. The molecule has 27 heavy (non-hydrogen) atoms. The van der Waals surface area contributed by atoms with Crippen LogP contribution in [0, 0.1) is 23.7 Å². The Balaban J connectivity index is 1.57. The first-order valence-corrected chi connectivity index (χ1v) is 8.82. The van der Waals surface area contributed by atoms with E-state index in [9.17, 15) is 24.3 Å². The van der Waals surface area contributed by atoms with Crippen molar-refractivity contribution in [1.29, 1.82) is 0 Å². The summed E-state index contributed by atoms with van der Waals surface area (Å²) in [5.74, 6) is -3.86. The van der Waals surface area contributed by atoms with Crippen LogP contribution in [-0.4, -0.2) is 28.8 Å². The fourth-order valence-electron chi connectivity index (χ4n) is 3.74. The van der Waals surface area contributed by atoms with Crippen LogP contribution in [0.25, 0.3) is 0 Å². The highest BCUT2D eigenvalue weighted by atomic mass is 16.4. The van der Waals surface area contributed by atoms with Crippen molar-refractivity contribution in [3.05, 3.63) is 42.0 Å². The van der Waals surface area contributed by atoms with Crippen molar-refractivity contribution < 1.29 is 24.3 Å². The molecule has 0 aromatic heterocycles. The van der Waals surface area contributed by atoms with Gasteiger partial charge in [0.15, 0.2) is 0 Å². The third kappa shape index (κ3) is 3.84. The molecule has 4 atom stereocenters. The number of hydrogen-bond donors (Lipinski definition) is 4. The van der Waals surface area contributed by atoms with Gasteiger partial charge in [-0.15, -0.1) is 0 Å². The van der Waals surface area contributed by atoms with Crippen LogP contribution in [0.3, 0.4) is 0 Å². The lowest BCUT2D eigenvalue weighted by molar-refractivity contribution is -0.148. The number of carbonyl (C=O) groups excluding carboxylic acids is 3. The first-order chi connectivity index (χ1) is 12.9. The van der Waals surface area contributed by atoms with Gasteiger partial charge in [-0.05, 0) is 42.5 Å². The Morgan fingerprint density at radius 2 is 1.63 bits per heavy atom. The van der Waals surface area contributed by atoms with Gasteiger partial charge in [-0.25, -0.2) is 0 Å². The fraction of sp³-hybridized carbons (Fsp3) is 0.368. The maximum absolute atomic E-state index is 12.4. The predicted molar refractivity (Wildman–Crippen MR) is 96.3 cm³/mol. The molecular weight excluding hydrogens is 350 g/mol. The lowest BCUT2D eigenvalue weighted by Crippen LogP contribution is -2.48. The highest BCUT2D eigenvalue weighted by Crippen LogP contribution is 2.48. The van der Waals surface area contributed by atoms with Gasteiger partial charge in [0.2, 0.25) is 11.8 Å². The third-order valence-corrected chi connectivity index (χ3v) is 5.10. The molecule has 0 saturated heterocycles. The molecule has 3 rings (SSSR count). The van der Waals surface area contributed by atoms with E-state index in [0.29, 0.717) is 24.1 Å². The van der Waals surface area contributed by atoms with Crippen LogP contribution < -0.4 is 16.2 Å². The summed E-state index contributed by atoms with van der Waals surface area (Å²) in [5.41, 5.74) is 5.53. The van der Waals surface area contributed by atoms with Crippen LogP contribution in [0.4, 0.5) is 5.69 Å². The quantitative estimate of drug-likeness (QED) is 0.459. The number of hydrazine groups is 1. The molecule has 0 spiro atoms. The monoisotopic (exact) mass is 371 g/mol. The molecule has 142 valence electrons. The summed E-state index contributed by atoms with van der Waals surface area (Å²) < 4.78 is 0. The number of aliphatic carboxylic acids is 1. The van der Waals surface area contributed by atoms with Crippen molar-refractivity contribution in [2.45, 2.75) is 19.8 Å². The number of amides is 3. The number of fused-ring (bicyclic) bond motifs is 2. The van der Waals surface area contributed by atoms with Crippen molar-refractivity contribution >= 4 is 29.4 Å². The number of carboxylic acids is 1. The molecule has 0 unspecified atom stereocenters. The summed E-state index contributed by atoms with van der Waals surface area (Å²) >= 11 is 0. The van der Waals surface area contributed by atoms with Crippen molar-refractivity contribution in [2.75, 3.05) is 5.32 Å². The molecule has 8 heteroatoms. The lowest BCUT2D eigenvalue weighted by Gasteiger charge is -2.23.